The Morgan fingerprint density at radius 1 is 1.33 bits per heavy atom. The van der Waals surface area contributed by atoms with Gasteiger partial charge in [0.15, 0.2) is 0 Å². The standard InChI is InChI=1S/C15H21ClOSi/c1-5-12(11-18(2,3)4)10-15(17)13-6-8-14(16)9-7-13/h6-9,15,17H,1,10-11H2,2-4H3. The van der Waals surface area contributed by atoms with E-state index in [0.29, 0.717) is 11.4 Å². The fourth-order valence-electron chi connectivity index (χ4n) is 1.88. The van der Waals surface area contributed by atoms with Crippen molar-refractivity contribution in [3.8, 4) is 0 Å². The Morgan fingerprint density at radius 2 is 1.89 bits per heavy atom. The highest BCUT2D eigenvalue weighted by Gasteiger charge is 2.18. The Labute approximate surface area is 116 Å². The highest BCUT2D eigenvalue weighted by atomic mass is 35.5. The van der Waals surface area contributed by atoms with Crippen LogP contribution in [0.25, 0.3) is 0 Å². The summed E-state index contributed by atoms with van der Waals surface area (Å²) in [4.78, 5) is 0. The quantitative estimate of drug-likeness (QED) is 0.606. The molecule has 1 rings (SSSR count). The van der Waals surface area contributed by atoms with Gasteiger partial charge in [-0.2, -0.15) is 0 Å². The van der Waals surface area contributed by atoms with Crippen LogP contribution >= 0.6 is 11.6 Å². The summed E-state index contributed by atoms with van der Waals surface area (Å²) in [6.07, 6.45) is 0.109. The molecule has 0 saturated carbocycles. The van der Waals surface area contributed by atoms with Gasteiger partial charge in [0, 0.05) is 19.5 Å². The summed E-state index contributed by atoms with van der Waals surface area (Å²) >= 11 is 5.83. The van der Waals surface area contributed by atoms with Crippen LogP contribution in [0.1, 0.15) is 18.1 Å². The van der Waals surface area contributed by atoms with E-state index >= 15 is 0 Å². The molecule has 0 saturated heterocycles. The molecule has 0 aliphatic rings. The minimum atomic E-state index is -1.19. The van der Waals surface area contributed by atoms with Gasteiger partial charge in [-0.15, -0.1) is 5.73 Å². The number of hydrogen-bond acceptors (Lipinski definition) is 1. The van der Waals surface area contributed by atoms with E-state index in [0.717, 1.165) is 17.2 Å². The van der Waals surface area contributed by atoms with E-state index < -0.39 is 14.2 Å². The van der Waals surface area contributed by atoms with Crippen molar-refractivity contribution in [3.05, 3.63) is 52.7 Å². The van der Waals surface area contributed by atoms with E-state index in [1.165, 1.54) is 0 Å². The van der Waals surface area contributed by atoms with Gasteiger partial charge in [0.1, 0.15) is 0 Å². The molecule has 1 nitrogen and oxygen atoms in total. The van der Waals surface area contributed by atoms with Crippen LogP contribution in [0, 0.1) is 0 Å². The van der Waals surface area contributed by atoms with Gasteiger partial charge in [-0.05, 0) is 29.3 Å². The summed E-state index contributed by atoms with van der Waals surface area (Å²) < 4.78 is 0. The normalized spacial score (nSPS) is 12.9. The largest absolute Gasteiger partial charge is 0.388 e. The van der Waals surface area contributed by atoms with E-state index in [-0.39, 0.29) is 0 Å². The lowest BCUT2D eigenvalue weighted by Gasteiger charge is -2.19. The van der Waals surface area contributed by atoms with E-state index in [9.17, 15) is 5.11 Å². The molecule has 1 aromatic rings. The van der Waals surface area contributed by atoms with Crippen molar-refractivity contribution in [1.82, 2.24) is 0 Å². The van der Waals surface area contributed by atoms with Crippen molar-refractivity contribution in [1.29, 1.82) is 0 Å². The molecule has 3 heteroatoms. The molecule has 0 bridgehead atoms. The van der Waals surface area contributed by atoms with Crippen LogP contribution in [-0.4, -0.2) is 13.2 Å². The molecule has 98 valence electrons. The predicted octanol–water partition coefficient (Wildman–Crippen LogP) is 4.81. The van der Waals surface area contributed by atoms with E-state index in [1.807, 2.05) is 12.1 Å². The molecule has 18 heavy (non-hydrogen) atoms. The third kappa shape index (κ3) is 5.24. The van der Waals surface area contributed by atoms with E-state index in [4.69, 9.17) is 11.6 Å². The van der Waals surface area contributed by atoms with Gasteiger partial charge < -0.3 is 5.11 Å². The molecular weight excluding hydrogens is 260 g/mol. The van der Waals surface area contributed by atoms with Crippen LogP contribution in [0.2, 0.25) is 30.7 Å². The summed E-state index contributed by atoms with van der Waals surface area (Å²) in [6.45, 7) is 10.6. The lowest BCUT2D eigenvalue weighted by Crippen LogP contribution is -2.20. The van der Waals surface area contributed by atoms with Crippen LogP contribution in [0.3, 0.4) is 0 Å². The maximum Gasteiger partial charge on any atom is 0.0833 e. The Kier molecular flexibility index (Phi) is 5.42. The van der Waals surface area contributed by atoms with Crippen LogP contribution in [-0.2, 0) is 0 Å². The average Bonchev–Trinajstić information content (AvgIpc) is 2.27. The first-order valence-electron chi connectivity index (χ1n) is 6.13. The summed E-state index contributed by atoms with van der Waals surface area (Å²) in [5.74, 6) is 0. The highest BCUT2D eigenvalue weighted by Crippen LogP contribution is 2.26. The molecule has 0 amide bonds. The van der Waals surface area contributed by atoms with Gasteiger partial charge >= 0.3 is 0 Å². The van der Waals surface area contributed by atoms with Crippen LogP contribution in [0.4, 0.5) is 0 Å². The number of benzene rings is 1. The predicted molar refractivity (Wildman–Crippen MR) is 81.8 cm³/mol. The lowest BCUT2D eigenvalue weighted by molar-refractivity contribution is 0.178. The number of rotatable bonds is 5. The van der Waals surface area contributed by atoms with Gasteiger partial charge in [-0.1, -0.05) is 50.0 Å². The molecule has 0 radical (unpaired) electrons. The monoisotopic (exact) mass is 280 g/mol. The van der Waals surface area contributed by atoms with Gasteiger partial charge in [-0.3, -0.25) is 0 Å². The lowest BCUT2D eigenvalue weighted by atomic mass is 10.0. The molecule has 0 aliphatic heterocycles. The molecule has 1 aromatic carbocycles. The molecule has 0 spiro atoms. The van der Waals surface area contributed by atoms with Crippen LogP contribution < -0.4 is 0 Å². The van der Waals surface area contributed by atoms with Crippen molar-refractivity contribution in [2.24, 2.45) is 0 Å². The maximum absolute atomic E-state index is 10.2. The van der Waals surface area contributed by atoms with Crippen molar-refractivity contribution in [2.45, 2.75) is 38.2 Å². The number of hydrogen-bond donors (Lipinski definition) is 1. The molecule has 0 fully saturated rings. The van der Waals surface area contributed by atoms with Gasteiger partial charge in [0.05, 0.1) is 6.10 Å². The Morgan fingerprint density at radius 3 is 2.33 bits per heavy atom. The third-order valence-electron chi connectivity index (χ3n) is 2.69. The average molecular weight is 281 g/mol. The first-order valence-corrected chi connectivity index (χ1v) is 10.2. The van der Waals surface area contributed by atoms with Gasteiger partial charge in [0.25, 0.3) is 0 Å². The summed E-state index contributed by atoms with van der Waals surface area (Å²) in [5, 5.41) is 10.9. The molecule has 0 aromatic heterocycles. The molecule has 1 unspecified atom stereocenters. The smallest absolute Gasteiger partial charge is 0.0833 e. The number of halogens is 1. The van der Waals surface area contributed by atoms with Gasteiger partial charge in [-0.25, -0.2) is 0 Å². The van der Waals surface area contributed by atoms with Crippen molar-refractivity contribution < 1.29 is 5.11 Å². The zero-order valence-corrected chi connectivity index (χ0v) is 13.1. The molecule has 0 heterocycles. The first-order chi connectivity index (χ1) is 8.31. The third-order valence-corrected chi connectivity index (χ3v) is 4.43. The second-order valence-corrected chi connectivity index (χ2v) is 11.7. The second-order valence-electron chi connectivity index (χ2n) is 5.79. The topological polar surface area (TPSA) is 20.2 Å². The molecular formula is C15H21ClOSi. The summed E-state index contributed by atoms with van der Waals surface area (Å²) in [5.41, 5.74) is 5.00. The van der Waals surface area contributed by atoms with Crippen LogP contribution in [0.15, 0.2) is 42.1 Å². The number of aliphatic hydroxyl groups is 1. The Hall–Kier alpha value is -0.793. The zero-order chi connectivity index (χ0) is 13.8. The molecule has 0 aliphatic carbocycles. The second kappa shape index (κ2) is 6.40. The molecule has 1 N–H and O–H groups in total. The minimum absolute atomic E-state index is 0.497. The molecule has 1 atom stereocenters. The highest BCUT2D eigenvalue weighted by molar-refractivity contribution is 6.76. The zero-order valence-electron chi connectivity index (χ0n) is 11.3. The summed E-state index contributed by atoms with van der Waals surface area (Å²) in [7, 11) is -1.19. The van der Waals surface area contributed by atoms with Crippen LogP contribution in [0.5, 0.6) is 0 Å². The fourth-order valence-corrected chi connectivity index (χ4v) is 3.56. The minimum Gasteiger partial charge on any atom is -0.388 e. The van der Waals surface area contributed by atoms with E-state index in [1.54, 1.807) is 12.1 Å². The first kappa shape index (κ1) is 15.3. The maximum atomic E-state index is 10.2. The van der Waals surface area contributed by atoms with Crippen molar-refractivity contribution in [3.63, 3.8) is 0 Å². The number of aliphatic hydroxyl groups excluding tert-OH is 1. The van der Waals surface area contributed by atoms with E-state index in [2.05, 4.69) is 32.0 Å². The van der Waals surface area contributed by atoms with Crippen molar-refractivity contribution >= 4 is 19.7 Å². The van der Waals surface area contributed by atoms with Crippen molar-refractivity contribution in [2.75, 3.05) is 0 Å². The summed E-state index contributed by atoms with van der Waals surface area (Å²) in [6, 6.07) is 8.36. The SMILES string of the molecule is C=C=C(CC(O)c1ccc(Cl)cc1)C[Si](C)(C)C. The Balaban J connectivity index is 2.71. The van der Waals surface area contributed by atoms with Gasteiger partial charge in [0.2, 0.25) is 0 Å². The fraction of sp³-hybridized carbons (Fsp3) is 0.400. The Bertz CT molecular complexity index is 439.